The van der Waals surface area contributed by atoms with Gasteiger partial charge < -0.3 is 0 Å². The lowest BCUT2D eigenvalue weighted by molar-refractivity contribution is 0.291. The zero-order valence-electron chi connectivity index (χ0n) is 16.7. The van der Waals surface area contributed by atoms with Gasteiger partial charge >= 0.3 is 5.76 Å². The third kappa shape index (κ3) is 4.91. The fraction of sp³-hybridized carbons (Fsp3) is 0.385. The number of hydrogen-bond donors (Lipinski definition) is 0. The molecule has 0 bridgehead atoms. The zero-order chi connectivity index (χ0) is 19.0. The lowest BCUT2D eigenvalue weighted by Crippen LogP contribution is -2.11. The summed E-state index contributed by atoms with van der Waals surface area (Å²) in [5, 5.41) is 0. The number of allylic oxidation sites excluding steroid dienone is 4. The highest BCUT2D eigenvalue weighted by Crippen LogP contribution is 2.59. The number of unbranched alkanes of at least 4 members (excludes halogenated alkanes) is 4. The van der Waals surface area contributed by atoms with Crippen molar-refractivity contribution in [1.29, 1.82) is 0 Å². The summed E-state index contributed by atoms with van der Waals surface area (Å²) in [6, 6.07) is 22.0. The van der Waals surface area contributed by atoms with Crippen LogP contribution in [0.4, 0.5) is 0 Å². The predicted octanol–water partition coefficient (Wildman–Crippen LogP) is 7.05. The number of methoxy groups -OCH3 is 1. The van der Waals surface area contributed by atoms with Gasteiger partial charge in [-0.2, -0.15) is 0 Å². The van der Waals surface area contributed by atoms with Crippen molar-refractivity contribution in [2.75, 3.05) is 7.11 Å². The molecule has 0 spiro atoms. The molecule has 0 aromatic heterocycles. The first-order chi connectivity index (χ1) is 13.3. The zero-order valence-corrected chi connectivity index (χ0v) is 16.7. The number of ether oxygens (including phenoxy) is 1. The van der Waals surface area contributed by atoms with E-state index in [1.54, 1.807) is 7.11 Å². The molecule has 1 fully saturated rings. The summed E-state index contributed by atoms with van der Waals surface area (Å²) in [6.45, 7) is 2.02. The van der Waals surface area contributed by atoms with Gasteiger partial charge in [0.15, 0.2) is 0 Å². The fourth-order valence-corrected chi connectivity index (χ4v) is 4.05. The van der Waals surface area contributed by atoms with Crippen molar-refractivity contribution in [3.05, 3.63) is 95.8 Å². The Bertz CT molecular complexity index is 703. The van der Waals surface area contributed by atoms with Crippen LogP contribution in [0.3, 0.4) is 0 Å². The molecule has 3 rings (SSSR count). The van der Waals surface area contributed by atoms with E-state index in [9.17, 15) is 0 Å². The van der Waals surface area contributed by atoms with Crippen molar-refractivity contribution in [3.8, 4) is 0 Å². The summed E-state index contributed by atoms with van der Waals surface area (Å²) in [6.07, 6.45) is 14.4. The molecule has 1 unspecified atom stereocenters. The van der Waals surface area contributed by atoms with Crippen LogP contribution in [0.1, 0.15) is 56.6 Å². The molecule has 1 aliphatic rings. The predicted molar refractivity (Wildman–Crippen MR) is 115 cm³/mol. The topological polar surface area (TPSA) is 11.3 Å². The molecule has 1 nitrogen and oxygen atoms in total. The van der Waals surface area contributed by atoms with E-state index in [1.165, 1.54) is 43.2 Å². The average molecular weight is 361 g/mol. The van der Waals surface area contributed by atoms with Gasteiger partial charge in [-0.1, -0.05) is 79.2 Å². The third-order valence-corrected chi connectivity index (χ3v) is 5.79. The molecule has 1 aliphatic carbocycles. The van der Waals surface area contributed by atoms with E-state index >= 15 is 0 Å². The van der Waals surface area contributed by atoms with Crippen LogP contribution in [0.5, 0.6) is 0 Å². The Morgan fingerprint density at radius 3 is 2.11 bits per heavy atom. The standard InChI is InChI=1S/C26H32O/c1-22(27-2)15-9-5-3-4-6-10-20-25-21-26(25,23-16-11-7-12-17-23)24-18-13-8-14-19-24/h7-8,10-20,25H,3-6,9,21H2,1-2H3/q+1/b20-10+,22-15?. The molecule has 1 saturated carbocycles. The second-order valence-corrected chi connectivity index (χ2v) is 7.60. The monoisotopic (exact) mass is 360 g/mol. The Labute approximate surface area is 164 Å². The molecule has 27 heavy (non-hydrogen) atoms. The molecule has 1 atom stereocenters. The highest BCUT2D eigenvalue weighted by Gasteiger charge is 2.54. The largest absolute Gasteiger partial charge is 0.312 e. The Morgan fingerprint density at radius 2 is 1.52 bits per heavy atom. The maximum atomic E-state index is 5.17. The molecule has 0 aliphatic heterocycles. The van der Waals surface area contributed by atoms with Crippen LogP contribution < -0.4 is 0 Å². The highest BCUT2D eigenvalue weighted by molar-refractivity contribution is 5.48. The summed E-state index contributed by atoms with van der Waals surface area (Å²) < 4.78 is 5.17. The van der Waals surface area contributed by atoms with Crippen molar-refractivity contribution in [3.63, 3.8) is 0 Å². The van der Waals surface area contributed by atoms with Crippen molar-refractivity contribution in [2.24, 2.45) is 5.92 Å². The van der Waals surface area contributed by atoms with Crippen LogP contribution in [-0.2, 0) is 10.2 Å². The Hall–Kier alpha value is -2.28. The van der Waals surface area contributed by atoms with Gasteiger partial charge in [-0.05, 0) is 49.1 Å². The summed E-state index contributed by atoms with van der Waals surface area (Å²) in [4.78, 5) is 0. The first-order valence-corrected chi connectivity index (χ1v) is 10.3. The minimum absolute atomic E-state index is 0.182. The van der Waals surface area contributed by atoms with Crippen LogP contribution in [0.15, 0.2) is 84.7 Å². The van der Waals surface area contributed by atoms with E-state index < -0.39 is 0 Å². The van der Waals surface area contributed by atoms with E-state index in [1.807, 2.05) is 6.92 Å². The summed E-state index contributed by atoms with van der Waals surface area (Å²) >= 11 is 0. The fourth-order valence-electron chi connectivity index (χ4n) is 4.05. The molecule has 0 N–H and O–H groups in total. The van der Waals surface area contributed by atoms with E-state index in [0.717, 1.165) is 12.2 Å². The molecule has 2 aromatic rings. The molecule has 2 aromatic carbocycles. The van der Waals surface area contributed by atoms with Gasteiger partial charge in [-0.25, -0.2) is 0 Å². The van der Waals surface area contributed by atoms with Crippen molar-refractivity contribution < 1.29 is 4.74 Å². The van der Waals surface area contributed by atoms with Gasteiger partial charge in [-0.3, -0.25) is 4.74 Å². The van der Waals surface area contributed by atoms with E-state index in [2.05, 4.69) is 78.9 Å². The van der Waals surface area contributed by atoms with Crippen LogP contribution in [0.2, 0.25) is 0 Å². The molecule has 141 valence electrons. The van der Waals surface area contributed by atoms with Crippen LogP contribution >= 0.6 is 0 Å². The second kappa shape index (κ2) is 9.60. The first kappa shape index (κ1) is 19.5. The van der Waals surface area contributed by atoms with Crippen molar-refractivity contribution in [1.82, 2.24) is 0 Å². The molecule has 1 radical (unpaired) electrons. The molecule has 0 saturated heterocycles. The van der Waals surface area contributed by atoms with Crippen molar-refractivity contribution in [2.45, 2.75) is 50.9 Å². The minimum Gasteiger partial charge on any atom is -0.263 e. The first-order valence-electron chi connectivity index (χ1n) is 10.3. The third-order valence-electron chi connectivity index (χ3n) is 5.79. The molecular formula is C26H32O+. The quantitative estimate of drug-likeness (QED) is 0.191. The van der Waals surface area contributed by atoms with E-state index in [0.29, 0.717) is 5.92 Å². The van der Waals surface area contributed by atoms with E-state index in [-0.39, 0.29) is 5.41 Å². The maximum Gasteiger partial charge on any atom is 0.312 e. The maximum absolute atomic E-state index is 5.17. The lowest BCUT2D eigenvalue weighted by atomic mass is 9.85. The van der Waals surface area contributed by atoms with E-state index in [4.69, 9.17) is 4.74 Å². The number of rotatable bonds is 10. The minimum atomic E-state index is 0.182. The van der Waals surface area contributed by atoms with Crippen LogP contribution in [-0.4, -0.2) is 7.11 Å². The number of hydrogen-bond acceptors (Lipinski definition) is 1. The normalized spacial score (nSPS) is 18.6. The second-order valence-electron chi connectivity index (χ2n) is 7.60. The van der Waals surface area contributed by atoms with Gasteiger partial charge in [-0.15, -0.1) is 0 Å². The van der Waals surface area contributed by atoms with Gasteiger partial charge in [0.1, 0.15) is 0 Å². The summed E-state index contributed by atoms with van der Waals surface area (Å²) in [5.74, 6) is 1.65. The molecule has 0 heterocycles. The SMILES string of the molecule is C[O+]C(C)=CCCCCC/C=C/C1CC1(c1ccccc1)c1ccccc1. The van der Waals surface area contributed by atoms with Gasteiger partial charge in [0.2, 0.25) is 0 Å². The summed E-state index contributed by atoms with van der Waals surface area (Å²) in [7, 11) is 1.74. The Kier molecular flexibility index (Phi) is 6.92. The molecule has 0 amide bonds. The van der Waals surface area contributed by atoms with Crippen molar-refractivity contribution >= 4 is 0 Å². The summed E-state index contributed by atoms with van der Waals surface area (Å²) in [5.41, 5.74) is 3.08. The highest BCUT2D eigenvalue weighted by atomic mass is 16.5. The van der Waals surface area contributed by atoms with Crippen LogP contribution in [0.25, 0.3) is 0 Å². The van der Waals surface area contributed by atoms with Gasteiger partial charge in [0.05, 0.1) is 6.92 Å². The van der Waals surface area contributed by atoms with Gasteiger partial charge in [0, 0.05) is 11.5 Å². The molecule has 1 heteroatoms. The lowest BCUT2D eigenvalue weighted by Gasteiger charge is -2.18. The Morgan fingerprint density at radius 1 is 0.926 bits per heavy atom. The van der Waals surface area contributed by atoms with Crippen LogP contribution in [0, 0.1) is 5.92 Å². The van der Waals surface area contributed by atoms with Gasteiger partial charge in [0.25, 0.3) is 7.11 Å². The Balaban J connectivity index is 1.53. The number of benzene rings is 2. The average Bonchev–Trinajstić information content (AvgIpc) is 3.46. The molecular weight excluding hydrogens is 328 g/mol. The smallest absolute Gasteiger partial charge is 0.263 e.